The SMILES string of the molecule is CC(C)(C)OC(N)=O.CCSc1ccncc1SC1(C(=O)O)CS[C@@H]2[C@H](NC(=O)C(=NOC(c3ccccc3)(c3ccccc3)c3ccccc3)c3nc(N)sc3Cl)C(=O)N2C1. The van der Waals surface area contributed by atoms with Gasteiger partial charge in [0.15, 0.2) is 10.8 Å². The molecule has 0 aliphatic carbocycles. The number of hydrogen-bond donors (Lipinski definition) is 4. The zero-order chi connectivity index (χ0) is 44.7. The lowest BCUT2D eigenvalue weighted by Gasteiger charge is -2.53. The number of anilines is 1. The number of oxime groups is 1. The first-order chi connectivity index (χ1) is 29.6. The minimum Gasteiger partial charge on any atom is -0.480 e. The van der Waals surface area contributed by atoms with Gasteiger partial charge in [-0.25, -0.2) is 9.78 Å². The number of nitrogens with two attached hydrogens (primary N) is 2. The summed E-state index contributed by atoms with van der Waals surface area (Å²) in [6.07, 6.45) is 2.61. The van der Waals surface area contributed by atoms with Crippen LogP contribution >= 0.6 is 58.2 Å². The molecule has 0 bridgehead atoms. The zero-order valence-electron chi connectivity index (χ0n) is 34.0. The number of carbonyl (C=O) groups is 4. The third-order valence-electron chi connectivity index (χ3n) is 9.35. The fourth-order valence-electron chi connectivity index (χ4n) is 6.67. The topological polar surface area (TPSA) is 212 Å². The number of nitrogen functional groups attached to an aromatic ring is 1. The fraction of sp³-hybridized carbons (Fsp3) is 0.279. The van der Waals surface area contributed by atoms with Gasteiger partial charge in [-0.2, -0.15) is 0 Å². The zero-order valence-corrected chi connectivity index (χ0v) is 38.0. The molecule has 2 saturated heterocycles. The van der Waals surface area contributed by atoms with Gasteiger partial charge >= 0.3 is 12.1 Å². The van der Waals surface area contributed by atoms with Gasteiger partial charge in [-0.3, -0.25) is 19.4 Å². The Balaban J connectivity index is 0.000000730. The molecule has 1 unspecified atom stereocenters. The number of amides is 3. The Hall–Kier alpha value is -5.27. The number of pyridine rings is 1. The highest BCUT2D eigenvalue weighted by atomic mass is 35.5. The molecule has 2 aliphatic rings. The van der Waals surface area contributed by atoms with Gasteiger partial charge in [-0.05, 0) is 32.6 Å². The van der Waals surface area contributed by atoms with Crippen LogP contribution < -0.4 is 16.8 Å². The Labute approximate surface area is 380 Å². The number of β-lactam (4-membered cyclic amide) rings is 1. The van der Waals surface area contributed by atoms with Gasteiger partial charge in [-0.15, -0.1) is 35.3 Å². The van der Waals surface area contributed by atoms with Crippen molar-refractivity contribution in [2.75, 3.05) is 23.8 Å². The molecule has 6 N–H and O–H groups in total. The van der Waals surface area contributed by atoms with E-state index in [2.05, 4.69) is 25.2 Å². The number of rotatable bonds is 13. The highest BCUT2D eigenvalue weighted by molar-refractivity contribution is 8.05. The second kappa shape index (κ2) is 19.8. The summed E-state index contributed by atoms with van der Waals surface area (Å²) in [5.74, 6) is -1.22. The predicted octanol–water partition coefficient (Wildman–Crippen LogP) is 7.49. The van der Waals surface area contributed by atoms with Crippen LogP contribution in [0.15, 0.2) is 124 Å². The molecule has 0 spiro atoms. The van der Waals surface area contributed by atoms with Crippen LogP contribution in [-0.2, 0) is 29.6 Å². The molecule has 2 aromatic heterocycles. The molecular weight excluding hydrogens is 890 g/mol. The van der Waals surface area contributed by atoms with E-state index in [9.17, 15) is 24.3 Å². The summed E-state index contributed by atoms with van der Waals surface area (Å²) in [7, 11) is 0. The summed E-state index contributed by atoms with van der Waals surface area (Å²) < 4.78 is 3.37. The van der Waals surface area contributed by atoms with E-state index < -0.39 is 51.2 Å². The predicted molar refractivity (Wildman–Crippen MR) is 246 cm³/mol. The van der Waals surface area contributed by atoms with E-state index in [4.69, 9.17) is 27.9 Å². The van der Waals surface area contributed by atoms with Gasteiger partial charge in [-0.1, -0.05) is 126 Å². The molecule has 0 saturated carbocycles. The summed E-state index contributed by atoms with van der Waals surface area (Å²) in [6.45, 7) is 7.26. The van der Waals surface area contributed by atoms with Gasteiger partial charge in [0.2, 0.25) is 11.5 Å². The molecule has 3 amide bonds. The quantitative estimate of drug-likeness (QED) is 0.0297. The molecule has 0 radical (unpaired) electrons. The van der Waals surface area contributed by atoms with Crippen LogP contribution in [0.5, 0.6) is 0 Å². The smallest absolute Gasteiger partial charge is 0.405 e. The number of carbonyl (C=O) groups excluding carboxylic acids is 3. The molecule has 4 heterocycles. The summed E-state index contributed by atoms with van der Waals surface area (Å²) >= 11 is 11.6. The average molecular weight is 935 g/mol. The molecule has 2 fully saturated rings. The number of carboxylic acids is 1. The number of aliphatic carboxylic acids is 1. The maximum Gasteiger partial charge on any atom is 0.405 e. The number of nitrogens with one attached hydrogen (secondary N) is 1. The van der Waals surface area contributed by atoms with Crippen LogP contribution in [0.25, 0.3) is 0 Å². The molecule has 19 heteroatoms. The Morgan fingerprint density at radius 2 is 1.56 bits per heavy atom. The molecule has 62 heavy (non-hydrogen) atoms. The molecule has 2 aliphatic heterocycles. The third-order valence-corrected chi connectivity index (χ3v) is 14.6. The normalized spacial score (nSPS) is 18.6. The molecule has 324 valence electrons. The summed E-state index contributed by atoms with van der Waals surface area (Å²) in [5.41, 5.74) is 10.9. The fourth-order valence-corrected chi connectivity index (χ4v) is 11.4. The van der Waals surface area contributed by atoms with Crippen molar-refractivity contribution in [2.45, 2.75) is 64.9 Å². The largest absolute Gasteiger partial charge is 0.480 e. The van der Waals surface area contributed by atoms with Gasteiger partial charge < -0.3 is 36.4 Å². The van der Waals surface area contributed by atoms with Crippen LogP contribution in [-0.4, -0.2) is 89.4 Å². The number of nitrogens with zero attached hydrogens (tertiary/aromatic N) is 4. The van der Waals surface area contributed by atoms with Gasteiger partial charge in [0, 0.05) is 51.2 Å². The molecule has 3 atom stereocenters. The lowest BCUT2D eigenvalue weighted by molar-refractivity contribution is -0.151. The number of thioether (sulfide) groups is 3. The van der Waals surface area contributed by atoms with Gasteiger partial charge in [0.25, 0.3) is 5.91 Å². The van der Waals surface area contributed by atoms with Crippen LogP contribution in [0.2, 0.25) is 4.34 Å². The number of benzene rings is 3. The summed E-state index contributed by atoms with van der Waals surface area (Å²) in [6, 6.07) is 29.4. The molecule has 7 rings (SSSR count). The van der Waals surface area contributed by atoms with E-state index in [1.54, 1.807) is 44.9 Å². The van der Waals surface area contributed by atoms with Crippen LogP contribution in [0.3, 0.4) is 0 Å². The van der Waals surface area contributed by atoms with Crippen molar-refractivity contribution in [1.29, 1.82) is 0 Å². The lowest BCUT2D eigenvalue weighted by Crippen LogP contribution is -2.74. The van der Waals surface area contributed by atoms with E-state index in [0.717, 1.165) is 43.6 Å². The second-order valence-electron chi connectivity index (χ2n) is 14.8. The number of halogens is 1. The van der Waals surface area contributed by atoms with Crippen LogP contribution in [0.4, 0.5) is 9.93 Å². The van der Waals surface area contributed by atoms with E-state index in [1.807, 2.05) is 104 Å². The number of primary amides is 1. The number of hydrogen-bond acceptors (Lipinski definition) is 14. The third kappa shape index (κ3) is 10.3. The maximum atomic E-state index is 14.3. The first-order valence-electron chi connectivity index (χ1n) is 19.1. The van der Waals surface area contributed by atoms with Crippen LogP contribution in [0, 0.1) is 0 Å². The maximum absolute atomic E-state index is 14.3. The van der Waals surface area contributed by atoms with Gasteiger partial charge in [0.1, 0.15) is 31.8 Å². The number of thiazole rings is 1. The minimum atomic E-state index is -1.33. The monoisotopic (exact) mass is 933 g/mol. The first-order valence-corrected chi connectivity index (χ1v) is 23.2. The van der Waals surface area contributed by atoms with Gasteiger partial charge in [0.05, 0.1) is 0 Å². The number of carboxylic acid groups (broad SMARTS) is 1. The van der Waals surface area contributed by atoms with Crippen molar-refractivity contribution in [3.63, 3.8) is 0 Å². The average Bonchev–Trinajstić information content (AvgIpc) is 3.59. The van der Waals surface area contributed by atoms with Crippen molar-refractivity contribution in [2.24, 2.45) is 10.9 Å². The van der Waals surface area contributed by atoms with E-state index >= 15 is 0 Å². The summed E-state index contributed by atoms with van der Waals surface area (Å²) in [4.78, 5) is 69.1. The Kier molecular flexibility index (Phi) is 14.8. The number of fused-ring (bicyclic) bond motifs is 1. The highest BCUT2D eigenvalue weighted by Gasteiger charge is 2.58. The first kappa shape index (κ1) is 46.2. The number of aromatic nitrogens is 2. The van der Waals surface area contributed by atoms with E-state index in [0.29, 0.717) is 0 Å². The lowest BCUT2D eigenvalue weighted by atomic mass is 9.80. The molecule has 14 nitrogen and oxygen atoms in total. The van der Waals surface area contributed by atoms with Crippen molar-refractivity contribution < 1.29 is 33.9 Å². The standard InChI is InChI=1S/C38H33ClN6O5S4.C5H11NO2/c1-2-51-26-18-19-41-20-27(26)54-37(35(48)49)21-45-33(47)30(34(45)52-22-37)42-32(46)29(28-31(39)53-36(40)43-28)44-50-38(23-12-6-3-7-13-23,24-14-8-4-9-15-24)25-16-10-5-11-17-25;1-5(2,3)8-4(6)7/h3-20,30,34H,2,21-22H2,1H3,(H2,40,43)(H,42,46)(H,48,49);1-3H3,(H2,6,7)/t30-,34-,37?;/m1./s1. The second-order valence-corrected chi connectivity index (χ2v) is 20.3. The van der Waals surface area contributed by atoms with Crippen molar-refractivity contribution in [3.8, 4) is 0 Å². The van der Waals surface area contributed by atoms with Crippen molar-refractivity contribution >= 4 is 92.9 Å². The van der Waals surface area contributed by atoms with Crippen LogP contribution in [0.1, 0.15) is 50.1 Å². The van der Waals surface area contributed by atoms with Crippen molar-refractivity contribution in [3.05, 3.63) is 136 Å². The highest BCUT2D eigenvalue weighted by Crippen LogP contribution is 2.48. The van der Waals surface area contributed by atoms with E-state index in [-0.39, 0.29) is 33.2 Å². The Morgan fingerprint density at radius 3 is 2.03 bits per heavy atom. The molecule has 5 aromatic rings. The Morgan fingerprint density at radius 1 is 0.984 bits per heavy atom. The minimum absolute atomic E-state index is 0.00167. The number of ether oxygens (including phenoxy) is 1. The Bertz CT molecular complexity index is 2330. The molecular formula is C43H44ClN7O7S4. The summed E-state index contributed by atoms with van der Waals surface area (Å²) in [5, 5.41) is 17.4. The molecule has 3 aromatic carbocycles. The van der Waals surface area contributed by atoms with Crippen molar-refractivity contribution in [1.82, 2.24) is 20.2 Å². The van der Waals surface area contributed by atoms with E-state index in [1.165, 1.54) is 28.4 Å².